The molecule has 1 heterocycles. The van der Waals surface area contributed by atoms with Crippen LogP contribution in [-0.4, -0.2) is 15.8 Å². The summed E-state index contributed by atoms with van der Waals surface area (Å²) in [6, 6.07) is 6.02. The number of anilines is 1. The Balaban J connectivity index is 1.62. The van der Waals surface area contributed by atoms with Gasteiger partial charge in [-0.15, -0.1) is 11.3 Å². The van der Waals surface area contributed by atoms with Crippen LogP contribution >= 0.6 is 11.3 Å². The van der Waals surface area contributed by atoms with Crippen LogP contribution in [0.1, 0.15) is 29.5 Å². The third-order valence-electron chi connectivity index (χ3n) is 3.94. The van der Waals surface area contributed by atoms with Gasteiger partial charge in [0, 0.05) is 17.0 Å². The molecule has 0 aliphatic heterocycles. The summed E-state index contributed by atoms with van der Waals surface area (Å²) in [7, 11) is 0. The lowest BCUT2D eigenvalue weighted by Crippen LogP contribution is -2.14. The molecular formula is C16H17N3O3S. The molecule has 6 nitrogen and oxygen atoms in total. The number of nitrogens with one attached hydrogen (secondary N) is 1. The third-order valence-corrected chi connectivity index (χ3v) is 4.98. The fourth-order valence-electron chi connectivity index (χ4n) is 2.68. The zero-order valence-corrected chi connectivity index (χ0v) is 13.6. The molecule has 23 heavy (non-hydrogen) atoms. The Morgan fingerprint density at radius 1 is 1.43 bits per heavy atom. The average molecular weight is 331 g/mol. The van der Waals surface area contributed by atoms with E-state index in [1.807, 2.05) is 0 Å². The standard InChI is InChI=1S/C16H17N3O3S/c1-10-2-7-13-14(8-10)23-16(17-13)18-15(20)9-11-3-5-12(6-4-11)19(21)22/h3-6,10H,2,7-9H2,1H3,(H,17,18,20)/t10-/m0/s1. The first-order chi connectivity index (χ1) is 11.0. The van der Waals surface area contributed by atoms with E-state index in [4.69, 9.17) is 0 Å². The van der Waals surface area contributed by atoms with Crippen molar-refractivity contribution in [2.45, 2.75) is 32.6 Å². The zero-order valence-electron chi connectivity index (χ0n) is 12.7. The van der Waals surface area contributed by atoms with Crippen LogP contribution in [0.2, 0.25) is 0 Å². The first-order valence-corrected chi connectivity index (χ1v) is 8.34. The van der Waals surface area contributed by atoms with Crippen LogP contribution < -0.4 is 5.32 Å². The summed E-state index contributed by atoms with van der Waals surface area (Å²) in [5.41, 5.74) is 1.87. The number of carbonyl (C=O) groups is 1. The number of nitro benzene ring substituents is 1. The van der Waals surface area contributed by atoms with Crippen LogP contribution in [0.15, 0.2) is 24.3 Å². The lowest BCUT2D eigenvalue weighted by atomic mass is 9.93. The molecule has 0 radical (unpaired) electrons. The summed E-state index contributed by atoms with van der Waals surface area (Å²) < 4.78 is 0. The highest BCUT2D eigenvalue weighted by molar-refractivity contribution is 7.15. The Kier molecular flexibility index (Phi) is 4.38. The number of aryl methyl sites for hydroxylation is 1. The summed E-state index contributed by atoms with van der Waals surface area (Å²) >= 11 is 1.55. The van der Waals surface area contributed by atoms with Gasteiger partial charge in [0.2, 0.25) is 5.91 Å². The van der Waals surface area contributed by atoms with Crippen molar-refractivity contribution in [2.75, 3.05) is 5.32 Å². The number of rotatable bonds is 4. The van der Waals surface area contributed by atoms with Crippen LogP contribution in [0.4, 0.5) is 10.8 Å². The molecule has 120 valence electrons. The number of aromatic nitrogens is 1. The molecule has 1 aliphatic carbocycles. The Bertz CT molecular complexity index is 740. The number of hydrogen-bond acceptors (Lipinski definition) is 5. The molecule has 3 rings (SSSR count). The van der Waals surface area contributed by atoms with Gasteiger partial charge in [0.15, 0.2) is 5.13 Å². The van der Waals surface area contributed by atoms with Gasteiger partial charge in [-0.2, -0.15) is 0 Å². The van der Waals surface area contributed by atoms with Gasteiger partial charge >= 0.3 is 0 Å². The summed E-state index contributed by atoms with van der Waals surface area (Å²) in [6.45, 7) is 2.23. The first-order valence-electron chi connectivity index (χ1n) is 7.53. The van der Waals surface area contributed by atoms with Gasteiger partial charge in [0.1, 0.15) is 0 Å². The Morgan fingerprint density at radius 3 is 2.87 bits per heavy atom. The molecule has 1 aromatic heterocycles. The summed E-state index contributed by atoms with van der Waals surface area (Å²) in [4.78, 5) is 28.0. The normalized spacial score (nSPS) is 16.7. The fourth-order valence-corrected chi connectivity index (χ4v) is 3.87. The molecule has 1 amide bonds. The van der Waals surface area contributed by atoms with Gasteiger partial charge in [-0.25, -0.2) is 4.98 Å². The second-order valence-corrected chi connectivity index (χ2v) is 6.97. The van der Waals surface area contributed by atoms with E-state index in [-0.39, 0.29) is 18.0 Å². The summed E-state index contributed by atoms with van der Waals surface area (Å²) in [5.74, 6) is 0.518. The number of benzene rings is 1. The van der Waals surface area contributed by atoms with Crippen molar-refractivity contribution in [3.63, 3.8) is 0 Å². The Morgan fingerprint density at radius 2 is 2.17 bits per heavy atom. The lowest BCUT2D eigenvalue weighted by Gasteiger charge is -2.15. The number of carbonyl (C=O) groups excluding carboxylic acids is 1. The van der Waals surface area contributed by atoms with Crippen LogP contribution in [0.3, 0.4) is 0 Å². The van der Waals surface area contributed by atoms with E-state index in [9.17, 15) is 14.9 Å². The van der Waals surface area contributed by atoms with E-state index < -0.39 is 4.92 Å². The highest BCUT2D eigenvalue weighted by Crippen LogP contribution is 2.32. The van der Waals surface area contributed by atoms with Gasteiger partial charge in [-0.1, -0.05) is 19.1 Å². The molecule has 1 aromatic carbocycles. The molecule has 1 aliphatic rings. The molecule has 1 atom stereocenters. The molecule has 2 aromatic rings. The second-order valence-electron chi connectivity index (χ2n) is 5.89. The van der Waals surface area contributed by atoms with E-state index >= 15 is 0 Å². The van der Waals surface area contributed by atoms with Crippen LogP contribution in [0.25, 0.3) is 0 Å². The number of hydrogen-bond donors (Lipinski definition) is 1. The minimum absolute atomic E-state index is 0.0240. The molecule has 0 saturated heterocycles. The van der Waals surface area contributed by atoms with Crippen molar-refractivity contribution in [1.29, 1.82) is 0 Å². The van der Waals surface area contributed by atoms with Crippen LogP contribution in [-0.2, 0) is 24.1 Å². The van der Waals surface area contributed by atoms with E-state index in [0.717, 1.165) is 30.5 Å². The zero-order chi connectivity index (χ0) is 16.4. The van der Waals surface area contributed by atoms with Crippen molar-refractivity contribution in [2.24, 2.45) is 5.92 Å². The first kappa shape index (κ1) is 15.6. The highest BCUT2D eigenvalue weighted by Gasteiger charge is 2.20. The smallest absolute Gasteiger partial charge is 0.269 e. The van der Waals surface area contributed by atoms with Gasteiger partial charge in [-0.05, 0) is 30.7 Å². The predicted octanol–water partition coefficient (Wildman–Crippen LogP) is 3.36. The predicted molar refractivity (Wildman–Crippen MR) is 88.7 cm³/mol. The third kappa shape index (κ3) is 3.73. The fraction of sp³-hybridized carbons (Fsp3) is 0.375. The summed E-state index contributed by atoms with van der Waals surface area (Å²) in [6.07, 6.45) is 3.34. The summed E-state index contributed by atoms with van der Waals surface area (Å²) in [5, 5.41) is 14.1. The van der Waals surface area contributed by atoms with Gasteiger partial charge < -0.3 is 5.32 Å². The molecule has 0 spiro atoms. The SMILES string of the molecule is C[C@H]1CCc2nc(NC(=O)Cc3ccc([N+](=O)[O-])cc3)sc2C1. The van der Waals surface area contributed by atoms with Crippen molar-refractivity contribution in [3.8, 4) is 0 Å². The number of amides is 1. The Labute approximate surface area is 137 Å². The number of nitrogens with zero attached hydrogens (tertiary/aromatic N) is 2. The van der Waals surface area contributed by atoms with Crippen LogP contribution in [0.5, 0.6) is 0 Å². The number of fused-ring (bicyclic) bond motifs is 1. The number of nitro groups is 1. The molecule has 0 bridgehead atoms. The van der Waals surface area contributed by atoms with E-state index in [0.29, 0.717) is 11.0 Å². The number of thiazole rings is 1. The number of non-ortho nitro benzene ring substituents is 1. The molecule has 7 heteroatoms. The van der Waals surface area contributed by atoms with Crippen molar-refractivity contribution >= 4 is 28.1 Å². The lowest BCUT2D eigenvalue weighted by molar-refractivity contribution is -0.384. The maximum absolute atomic E-state index is 12.1. The Hall–Kier alpha value is -2.28. The molecule has 0 unspecified atom stereocenters. The van der Waals surface area contributed by atoms with Crippen molar-refractivity contribution in [3.05, 3.63) is 50.5 Å². The van der Waals surface area contributed by atoms with Crippen LogP contribution in [0, 0.1) is 16.0 Å². The topological polar surface area (TPSA) is 85.1 Å². The van der Waals surface area contributed by atoms with Gasteiger partial charge in [-0.3, -0.25) is 14.9 Å². The maximum atomic E-state index is 12.1. The maximum Gasteiger partial charge on any atom is 0.269 e. The minimum Gasteiger partial charge on any atom is -0.302 e. The monoisotopic (exact) mass is 331 g/mol. The van der Waals surface area contributed by atoms with E-state index in [1.165, 1.54) is 17.0 Å². The van der Waals surface area contributed by atoms with Gasteiger partial charge in [0.25, 0.3) is 5.69 Å². The largest absolute Gasteiger partial charge is 0.302 e. The molecular weight excluding hydrogens is 314 g/mol. The molecule has 0 saturated carbocycles. The average Bonchev–Trinajstić information content (AvgIpc) is 2.88. The quantitative estimate of drug-likeness (QED) is 0.687. The van der Waals surface area contributed by atoms with Gasteiger partial charge in [0.05, 0.1) is 17.0 Å². The second kappa shape index (κ2) is 6.45. The minimum atomic E-state index is -0.453. The van der Waals surface area contributed by atoms with E-state index in [1.54, 1.807) is 23.5 Å². The molecule has 0 fully saturated rings. The van der Waals surface area contributed by atoms with E-state index in [2.05, 4.69) is 17.2 Å². The highest BCUT2D eigenvalue weighted by atomic mass is 32.1. The van der Waals surface area contributed by atoms with Crippen molar-refractivity contribution < 1.29 is 9.72 Å². The van der Waals surface area contributed by atoms with Crippen molar-refractivity contribution in [1.82, 2.24) is 4.98 Å². The molecule has 1 N–H and O–H groups in total.